The molecule has 1 N–H and O–H groups in total. The largest absolute Gasteiger partial charge is 0.387 e. The molecule has 2 aromatic heterocycles. The Morgan fingerprint density at radius 2 is 2.00 bits per heavy atom. The first-order valence-corrected chi connectivity index (χ1v) is 5.77. The molecule has 78 valence electrons. The molecule has 0 radical (unpaired) electrons. The summed E-state index contributed by atoms with van der Waals surface area (Å²) in [6.07, 6.45) is 3.57. The van der Waals surface area contributed by atoms with Gasteiger partial charge in [-0.25, -0.2) is 0 Å². The first-order chi connectivity index (χ1) is 7.25. The predicted octanol–water partition coefficient (Wildman–Crippen LogP) is 3.07. The fraction of sp³-hybridized carbons (Fsp3) is 0.182. The Kier molecular flexibility index (Phi) is 3.36. The topological polar surface area (TPSA) is 33.1 Å². The molecule has 2 rings (SSSR count). The van der Waals surface area contributed by atoms with Crippen LogP contribution in [-0.4, -0.2) is 10.1 Å². The van der Waals surface area contributed by atoms with Gasteiger partial charge in [0.05, 0.1) is 10.4 Å². The van der Waals surface area contributed by atoms with Gasteiger partial charge in [0.25, 0.3) is 0 Å². The molecular weight excluding hydrogens is 230 g/mol. The molecule has 1 atom stereocenters. The third-order valence-electron chi connectivity index (χ3n) is 2.10. The van der Waals surface area contributed by atoms with Crippen LogP contribution in [0.4, 0.5) is 0 Å². The molecule has 2 heterocycles. The molecule has 0 amide bonds. The summed E-state index contributed by atoms with van der Waals surface area (Å²) in [6.45, 7) is 0. The molecule has 2 aromatic rings. The fourth-order valence-electron chi connectivity index (χ4n) is 1.35. The number of rotatable bonds is 3. The minimum Gasteiger partial charge on any atom is -0.387 e. The van der Waals surface area contributed by atoms with Crippen LogP contribution in [0.2, 0.25) is 4.34 Å². The molecule has 0 fully saturated rings. The van der Waals surface area contributed by atoms with Gasteiger partial charge in [0, 0.05) is 23.7 Å². The molecule has 0 spiro atoms. The summed E-state index contributed by atoms with van der Waals surface area (Å²) in [4.78, 5) is 4.83. The van der Waals surface area contributed by atoms with E-state index in [9.17, 15) is 5.11 Å². The van der Waals surface area contributed by atoms with Crippen LogP contribution in [0.1, 0.15) is 16.5 Å². The van der Waals surface area contributed by atoms with E-state index < -0.39 is 6.10 Å². The molecular formula is C11H10ClNOS. The fourth-order valence-corrected chi connectivity index (χ4v) is 2.40. The van der Waals surface area contributed by atoms with Crippen LogP contribution in [0.5, 0.6) is 0 Å². The van der Waals surface area contributed by atoms with Gasteiger partial charge in [-0.2, -0.15) is 0 Å². The highest BCUT2D eigenvalue weighted by atomic mass is 35.5. The smallest absolute Gasteiger partial charge is 0.0932 e. The van der Waals surface area contributed by atoms with Crippen molar-refractivity contribution in [3.63, 3.8) is 0 Å². The number of nitrogens with zero attached hydrogens (tertiary/aromatic N) is 1. The lowest BCUT2D eigenvalue weighted by Crippen LogP contribution is -1.99. The second kappa shape index (κ2) is 4.75. The van der Waals surface area contributed by atoms with Gasteiger partial charge in [-0.15, -0.1) is 11.3 Å². The number of halogens is 1. The van der Waals surface area contributed by atoms with E-state index >= 15 is 0 Å². The highest BCUT2D eigenvalue weighted by Crippen LogP contribution is 2.28. The Labute approximate surface area is 97.2 Å². The summed E-state index contributed by atoms with van der Waals surface area (Å²) >= 11 is 7.22. The summed E-state index contributed by atoms with van der Waals surface area (Å²) in [6, 6.07) is 7.47. The molecule has 15 heavy (non-hydrogen) atoms. The van der Waals surface area contributed by atoms with Gasteiger partial charge in [-0.3, -0.25) is 4.98 Å². The molecule has 0 aromatic carbocycles. The molecule has 0 saturated carbocycles. The van der Waals surface area contributed by atoms with E-state index in [1.54, 1.807) is 18.5 Å². The first-order valence-electron chi connectivity index (χ1n) is 4.58. The summed E-state index contributed by atoms with van der Waals surface area (Å²) < 4.78 is 0.707. The lowest BCUT2D eigenvalue weighted by Gasteiger charge is -2.07. The van der Waals surface area contributed by atoms with Crippen molar-refractivity contribution in [3.8, 4) is 0 Å². The zero-order valence-corrected chi connectivity index (χ0v) is 9.50. The number of aliphatic hydroxyl groups is 1. The van der Waals surface area contributed by atoms with E-state index in [4.69, 9.17) is 11.6 Å². The number of pyridine rings is 1. The lowest BCUT2D eigenvalue weighted by atomic mass is 10.1. The molecule has 1 unspecified atom stereocenters. The van der Waals surface area contributed by atoms with Crippen LogP contribution >= 0.6 is 22.9 Å². The molecule has 0 aliphatic carbocycles. The number of thiophene rings is 1. The summed E-state index contributed by atoms with van der Waals surface area (Å²) in [7, 11) is 0. The Morgan fingerprint density at radius 3 is 2.60 bits per heavy atom. The minimum atomic E-state index is -0.482. The Morgan fingerprint density at radius 1 is 1.27 bits per heavy atom. The van der Waals surface area contributed by atoms with Crippen LogP contribution in [0, 0.1) is 0 Å². The number of hydrogen-bond acceptors (Lipinski definition) is 3. The minimum absolute atomic E-state index is 0.482. The molecule has 4 heteroatoms. The van der Waals surface area contributed by atoms with Crippen molar-refractivity contribution < 1.29 is 5.11 Å². The summed E-state index contributed by atoms with van der Waals surface area (Å²) in [5, 5.41) is 9.92. The second-order valence-electron chi connectivity index (χ2n) is 3.22. The van der Waals surface area contributed by atoms with E-state index in [0.717, 1.165) is 10.4 Å². The zero-order valence-electron chi connectivity index (χ0n) is 7.93. The average molecular weight is 240 g/mol. The number of hydrogen-bond donors (Lipinski definition) is 1. The van der Waals surface area contributed by atoms with Crippen LogP contribution in [0.15, 0.2) is 36.7 Å². The van der Waals surface area contributed by atoms with E-state index in [0.29, 0.717) is 10.8 Å². The summed E-state index contributed by atoms with van der Waals surface area (Å²) in [5.74, 6) is 0. The SMILES string of the molecule is OC(Cc1ccncc1)c1ccc(Cl)s1. The van der Waals surface area contributed by atoms with Crippen LogP contribution in [0.25, 0.3) is 0 Å². The first kappa shape index (κ1) is 10.6. The van der Waals surface area contributed by atoms with Gasteiger partial charge >= 0.3 is 0 Å². The second-order valence-corrected chi connectivity index (χ2v) is 4.96. The van der Waals surface area contributed by atoms with Gasteiger partial charge in [0.15, 0.2) is 0 Å². The van der Waals surface area contributed by atoms with Crippen LogP contribution < -0.4 is 0 Å². The Hall–Kier alpha value is -0.900. The van der Waals surface area contributed by atoms with Crippen LogP contribution in [-0.2, 0) is 6.42 Å². The molecule has 0 bridgehead atoms. The quantitative estimate of drug-likeness (QED) is 0.893. The average Bonchev–Trinajstić information content (AvgIpc) is 2.66. The van der Waals surface area contributed by atoms with Crippen molar-refractivity contribution >= 4 is 22.9 Å². The molecule has 0 aliphatic rings. The maximum Gasteiger partial charge on any atom is 0.0932 e. The van der Waals surface area contributed by atoms with Gasteiger partial charge < -0.3 is 5.11 Å². The monoisotopic (exact) mass is 239 g/mol. The normalized spacial score (nSPS) is 12.7. The van der Waals surface area contributed by atoms with Crippen molar-refractivity contribution in [3.05, 3.63) is 51.4 Å². The van der Waals surface area contributed by atoms with E-state index in [1.165, 1.54) is 11.3 Å². The van der Waals surface area contributed by atoms with E-state index in [2.05, 4.69) is 4.98 Å². The van der Waals surface area contributed by atoms with Crippen LogP contribution in [0.3, 0.4) is 0 Å². The number of aliphatic hydroxyl groups excluding tert-OH is 1. The molecule has 2 nitrogen and oxygen atoms in total. The van der Waals surface area contributed by atoms with Gasteiger partial charge in [-0.05, 0) is 29.8 Å². The zero-order chi connectivity index (χ0) is 10.7. The molecule has 0 saturated heterocycles. The van der Waals surface area contributed by atoms with Crippen molar-refractivity contribution in [1.29, 1.82) is 0 Å². The Balaban J connectivity index is 2.07. The molecule has 0 aliphatic heterocycles. The standard InChI is InChI=1S/C11H10ClNOS/c12-11-2-1-10(15-11)9(14)7-8-3-5-13-6-4-8/h1-6,9,14H,7H2. The van der Waals surface area contributed by atoms with Gasteiger partial charge in [0.1, 0.15) is 0 Å². The van der Waals surface area contributed by atoms with Crippen molar-refractivity contribution in [2.24, 2.45) is 0 Å². The highest BCUT2D eigenvalue weighted by Gasteiger charge is 2.10. The van der Waals surface area contributed by atoms with Gasteiger partial charge in [0.2, 0.25) is 0 Å². The third kappa shape index (κ3) is 2.78. The third-order valence-corrected chi connectivity index (χ3v) is 3.43. The highest BCUT2D eigenvalue weighted by molar-refractivity contribution is 7.16. The lowest BCUT2D eigenvalue weighted by molar-refractivity contribution is 0.182. The van der Waals surface area contributed by atoms with E-state index in [1.807, 2.05) is 18.2 Å². The maximum atomic E-state index is 9.92. The maximum absolute atomic E-state index is 9.92. The summed E-state index contributed by atoms with van der Waals surface area (Å²) in [5.41, 5.74) is 1.07. The predicted molar refractivity (Wildman–Crippen MR) is 62.2 cm³/mol. The van der Waals surface area contributed by atoms with E-state index in [-0.39, 0.29) is 0 Å². The van der Waals surface area contributed by atoms with Crippen molar-refractivity contribution in [2.45, 2.75) is 12.5 Å². The van der Waals surface area contributed by atoms with Crippen molar-refractivity contribution in [1.82, 2.24) is 4.98 Å². The van der Waals surface area contributed by atoms with Gasteiger partial charge in [-0.1, -0.05) is 11.6 Å². The Bertz CT molecular complexity index is 429. The van der Waals surface area contributed by atoms with Crippen molar-refractivity contribution in [2.75, 3.05) is 0 Å². The number of aromatic nitrogens is 1.